The van der Waals surface area contributed by atoms with Crippen LogP contribution in [0.5, 0.6) is 0 Å². The molecule has 0 saturated carbocycles. The molecule has 0 radical (unpaired) electrons. The van der Waals surface area contributed by atoms with Gasteiger partial charge in [-0.1, -0.05) is 173 Å². The van der Waals surface area contributed by atoms with Crippen molar-refractivity contribution in [3.63, 3.8) is 0 Å². The molecular formula is C40H81NO8P+. The highest BCUT2D eigenvalue weighted by molar-refractivity contribution is 7.48. The van der Waals surface area contributed by atoms with Gasteiger partial charge in [-0.05, 0) is 19.8 Å². The van der Waals surface area contributed by atoms with Gasteiger partial charge < -0.3 is 9.47 Å². The molecule has 50 heavy (non-hydrogen) atoms. The van der Waals surface area contributed by atoms with Crippen LogP contribution >= 0.6 is 7.82 Å². The van der Waals surface area contributed by atoms with Crippen molar-refractivity contribution in [1.82, 2.24) is 0 Å². The Morgan fingerprint density at radius 2 is 0.860 bits per heavy atom. The Labute approximate surface area is 308 Å². The number of hydroxylamine groups is 3. The summed E-state index contributed by atoms with van der Waals surface area (Å²) in [6, 6.07) is 0. The van der Waals surface area contributed by atoms with Crippen LogP contribution in [0.3, 0.4) is 0 Å². The number of rotatable bonds is 38. The van der Waals surface area contributed by atoms with Gasteiger partial charge >= 0.3 is 19.8 Å². The van der Waals surface area contributed by atoms with E-state index in [0.717, 1.165) is 38.5 Å². The highest BCUT2D eigenvalue weighted by atomic mass is 31.2. The molecule has 9 nitrogen and oxygen atoms in total. The van der Waals surface area contributed by atoms with Crippen LogP contribution in [0.4, 0.5) is 0 Å². The molecule has 0 amide bonds. The van der Waals surface area contributed by atoms with Crippen molar-refractivity contribution in [3.8, 4) is 0 Å². The molecule has 0 fully saturated rings. The highest BCUT2D eigenvalue weighted by Gasteiger charge is 2.36. The number of phosphoric acid groups is 1. The standard InChI is InChI=1S/C40H81NO8P/c1-7-10-12-14-16-18-20-22-24-26-28-30-32-34-39(42)45-36-38(37-47-50(44,46-9-3)49-41(4,5)6)48-40(43)35-33-31-29-27-25-23-21-19-17-15-13-11-8-2/h38H,7-37H2,1-6H3/q+1. The zero-order valence-corrected chi connectivity index (χ0v) is 34.6. The fourth-order valence-electron chi connectivity index (χ4n) is 5.91. The first-order chi connectivity index (χ1) is 24.0. The minimum Gasteiger partial charge on any atom is -0.462 e. The second kappa shape index (κ2) is 33.8. The Morgan fingerprint density at radius 1 is 0.500 bits per heavy atom. The van der Waals surface area contributed by atoms with E-state index in [1.165, 1.54) is 128 Å². The minimum absolute atomic E-state index is 0.102. The second-order valence-corrected chi connectivity index (χ2v) is 16.5. The fourth-order valence-corrected chi connectivity index (χ4v) is 7.34. The number of quaternary nitrogens is 1. The van der Waals surface area contributed by atoms with Crippen LogP contribution in [0.15, 0.2) is 0 Å². The molecule has 0 aromatic rings. The van der Waals surface area contributed by atoms with Crippen molar-refractivity contribution in [2.75, 3.05) is 41.0 Å². The maximum Gasteiger partial charge on any atom is 0.521 e. The Kier molecular flexibility index (Phi) is 33.2. The summed E-state index contributed by atoms with van der Waals surface area (Å²) >= 11 is 0. The van der Waals surface area contributed by atoms with E-state index in [1.807, 2.05) is 0 Å². The van der Waals surface area contributed by atoms with Gasteiger partial charge in [0.1, 0.15) is 6.61 Å². The third-order valence-corrected chi connectivity index (χ3v) is 10.5. The molecule has 0 N–H and O–H groups in total. The number of unbranched alkanes of at least 4 members (excludes halogenated alkanes) is 24. The summed E-state index contributed by atoms with van der Waals surface area (Å²) in [5.74, 6) is -0.714. The molecule has 10 heteroatoms. The third-order valence-electron chi connectivity index (χ3n) is 8.75. The molecule has 2 unspecified atom stereocenters. The fraction of sp³-hybridized carbons (Fsp3) is 0.950. The monoisotopic (exact) mass is 735 g/mol. The predicted molar refractivity (Wildman–Crippen MR) is 206 cm³/mol. The van der Waals surface area contributed by atoms with E-state index in [-0.39, 0.29) is 42.8 Å². The van der Waals surface area contributed by atoms with Gasteiger partial charge in [-0.25, -0.2) is 4.57 Å². The van der Waals surface area contributed by atoms with Gasteiger partial charge in [0, 0.05) is 12.8 Å². The number of hydrogen-bond donors (Lipinski definition) is 0. The smallest absolute Gasteiger partial charge is 0.462 e. The lowest BCUT2D eigenvalue weighted by Gasteiger charge is -2.26. The molecule has 0 aliphatic carbocycles. The molecule has 0 aromatic carbocycles. The quantitative estimate of drug-likeness (QED) is 0.0203. The average Bonchev–Trinajstić information content (AvgIpc) is 3.06. The number of nitrogens with zero attached hydrogens (tertiary/aromatic N) is 1. The van der Waals surface area contributed by atoms with Crippen molar-refractivity contribution >= 4 is 19.8 Å². The summed E-state index contributed by atoms with van der Waals surface area (Å²) in [4.78, 5) is 25.3. The van der Waals surface area contributed by atoms with Gasteiger partial charge in [0.05, 0.1) is 34.4 Å². The van der Waals surface area contributed by atoms with E-state index in [9.17, 15) is 14.2 Å². The molecule has 0 spiro atoms. The van der Waals surface area contributed by atoms with Gasteiger partial charge in [0.15, 0.2) is 6.10 Å². The number of carbonyl (C=O) groups is 2. The first kappa shape index (κ1) is 49.0. The molecule has 2 atom stereocenters. The van der Waals surface area contributed by atoms with Gasteiger partial charge in [-0.15, -0.1) is 0 Å². The van der Waals surface area contributed by atoms with Crippen LogP contribution in [0.2, 0.25) is 0 Å². The van der Waals surface area contributed by atoms with Crippen LogP contribution in [-0.2, 0) is 37.3 Å². The van der Waals surface area contributed by atoms with E-state index < -0.39 is 13.9 Å². The molecule has 0 aliphatic heterocycles. The lowest BCUT2D eigenvalue weighted by atomic mass is 10.0. The summed E-state index contributed by atoms with van der Waals surface area (Å²) in [6.45, 7) is 5.89. The van der Waals surface area contributed by atoms with Gasteiger partial charge in [-0.2, -0.15) is 4.65 Å². The zero-order chi connectivity index (χ0) is 37.2. The van der Waals surface area contributed by atoms with E-state index in [1.54, 1.807) is 28.1 Å². The van der Waals surface area contributed by atoms with Gasteiger partial charge in [-0.3, -0.25) is 18.6 Å². The number of ether oxygens (including phenoxy) is 2. The zero-order valence-electron chi connectivity index (χ0n) is 33.7. The summed E-state index contributed by atoms with van der Waals surface area (Å²) in [5, 5.41) is 0. The van der Waals surface area contributed by atoms with Crippen molar-refractivity contribution in [2.45, 2.75) is 207 Å². The molecule has 0 aromatic heterocycles. The van der Waals surface area contributed by atoms with E-state index >= 15 is 0 Å². The molecule has 0 rings (SSSR count). The third kappa shape index (κ3) is 34.1. The van der Waals surface area contributed by atoms with E-state index in [0.29, 0.717) is 6.42 Å². The van der Waals surface area contributed by atoms with Crippen LogP contribution in [-0.4, -0.2) is 63.7 Å². The van der Waals surface area contributed by atoms with Gasteiger partial charge in [0.25, 0.3) is 0 Å². The van der Waals surface area contributed by atoms with Crippen molar-refractivity contribution < 1.29 is 41.9 Å². The van der Waals surface area contributed by atoms with E-state index in [4.69, 9.17) is 23.1 Å². The van der Waals surface area contributed by atoms with Crippen LogP contribution in [0.1, 0.15) is 201 Å². The summed E-state index contributed by atoms with van der Waals surface area (Å²) in [6.07, 6.45) is 31.8. The lowest BCUT2D eigenvalue weighted by molar-refractivity contribution is -1.04. The molecular weight excluding hydrogens is 653 g/mol. The first-order valence-corrected chi connectivity index (χ1v) is 22.3. The second-order valence-electron chi connectivity index (χ2n) is 14.9. The predicted octanol–water partition coefficient (Wildman–Crippen LogP) is 12.2. The summed E-state index contributed by atoms with van der Waals surface area (Å²) < 4.78 is 40.6. The van der Waals surface area contributed by atoms with Crippen molar-refractivity contribution in [3.05, 3.63) is 0 Å². The molecule has 0 aliphatic rings. The summed E-state index contributed by atoms with van der Waals surface area (Å²) in [7, 11) is 1.14. The van der Waals surface area contributed by atoms with Crippen molar-refractivity contribution in [1.29, 1.82) is 0 Å². The Morgan fingerprint density at radius 3 is 1.22 bits per heavy atom. The molecule has 0 heterocycles. The largest absolute Gasteiger partial charge is 0.521 e. The summed E-state index contributed by atoms with van der Waals surface area (Å²) in [5.41, 5.74) is 0. The number of carbonyl (C=O) groups excluding carboxylic acids is 2. The molecule has 0 saturated heterocycles. The highest BCUT2D eigenvalue weighted by Crippen LogP contribution is 2.51. The Balaban J connectivity index is 4.47. The first-order valence-electron chi connectivity index (χ1n) is 20.8. The lowest BCUT2D eigenvalue weighted by Crippen LogP contribution is -2.35. The Bertz CT molecular complexity index is 835. The van der Waals surface area contributed by atoms with E-state index in [2.05, 4.69) is 13.8 Å². The van der Waals surface area contributed by atoms with Crippen molar-refractivity contribution in [2.24, 2.45) is 0 Å². The van der Waals surface area contributed by atoms with Crippen LogP contribution in [0.25, 0.3) is 0 Å². The topological polar surface area (TPSA) is 97.4 Å². The molecule has 0 bridgehead atoms. The average molecular weight is 735 g/mol. The maximum absolute atomic E-state index is 13.2. The normalized spacial score (nSPS) is 13.6. The SMILES string of the molecule is CCCCCCCCCCCCCCCC(=O)OCC(COP(=O)(OCC)O[N+](C)(C)C)OC(=O)CCCCCCCCCCCCCCC. The maximum atomic E-state index is 13.2. The number of esters is 2. The minimum atomic E-state index is -3.94. The molecule has 298 valence electrons. The Hall–Kier alpha value is -0.990. The number of hydrogen-bond acceptors (Lipinski definition) is 8. The van der Waals surface area contributed by atoms with Crippen LogP contribution < -0.4 is 0 Å². The van der Waals surface area contributed by atoms with Gasteiger partial charge in [0.2, 0.25) is 0 Å². The number of phosphoric ester groups is 1. The van der Waals surface area contributed by atoms with Crippen LogP contribution in [0, 0.1) is 0 Å².